The van der Waals surface area contributed by atoms with Gasteiger partial charge in [-0.25, -0.2) is 0 Å². The standard InChI is InChI=1S/C14H19NO/c1-14(6-2-7-15-14)10-11-3-4-13-12(9-11)5-8-16-13/h3-4,9,15H,2,5-8,10H2,1H3. The molecule has 1 aromatic carbocycles. The van der Waals surface area contributed by atoms with Crippen LogP contribution in [0.15, 0.2) is 18.2 Å². The number of ether oxygens (including phenoxy) is 1. The molecule has 0 bridgehead atoms. The molecule has 2 nitrogen and oxygen atoms in total. The molecule has 1 atom stereocenters. The van der Waals surface area contributed by atoms with Gasteiger partial charge in [-0.05, 0) is 49.9 Å². The molecule has 1 unspecified atom stereocenters. The zero-order valence-corrected chi connectivity index (χ0v) is 9.88. The highest BCUT2D eigenvalue weighted by atomic mass is 16.5. The van der Waals surface area contributed by atoms with E-state index in [1.165, 1.54) is 30.5 Å². The monoisotopic (exact) mass is 217 g/mol. The van der Waals surface area contributed by atoms with Crippen LogP contribution in [0.25, 0.3) is 0 Å². The van der Waals surface area contributed by atoms with Crippen LogP contribution < -0.4 is 10.1 Å². The molecular weight excluding hydrogens is 198 g/mol. The molecule has 3 rings (SSSR count). The summed E-state index contributed by atoms with van der Waals surface area (Å²) in [6.45, 7) is 4.36. The van der Waals surface area contributed by atoms with Crippen LogP contribution in [-0.2, 0) is 12.8 Å². The lowest BCUT2D eigenvalue weighted by molar-refractivity contribution is 0.356. The molecular formula is C14H19NO. The normalized spacial score (nSPS) is 27.8. The first-order chi connectivity index (χ1) is 7.75. The van der Waals surface area contributed by atoms with Crippen molar-refractivity contribution in [3.8, 4) is 5.75 Å². The second-order valence-electron chi connectivity index (χ2n) is 5.31. The highest BCUT2D eigenvalue weighted by Crippen LogP contribution is 2.29. The molecule has 0 spiro atoms. The maximum Gasteiger partial charge on any atom is 0.122 e. The maximum absolute atomic E-state index is 5.53. The van der Waals surface area contributed by atoms with E-state index < -0.39 is 0 Å². The van der Waals surface area contributed by atoms with Gasteiger partial charge >= 0.3 is 0 Å². The van der Waals surface area contributed by atoms with E-state index >= 15 is 0 Å². The van der Waals surface area contributed by atoms with Crippen LogP contribution in [0.3, 0.4) is 0 Å². The third-order valence-electron chi connectivity index (χ3n) is 3.81. The van der Waals surface area contributed by atoms with E-state index in [4.69, 9.17) is 4.74 Å². The number of nitrogens with one attached hydrogen (secondary N) is 1. The third-order valence-corrected chi connectivity index (χ3v) is 3.81. The Morgan fingerprint density at radius 2 is 2.38 bits per heavy atom. The van der Waals surface area contributed by atoms with E-state index in [-0.39, 0.29) is 0 Å². The quantitative estimate of drug-likeness (QED) is 0.820. The molecule has 2 heteroatoms. The fourth-order valence-electron chi connectivity index (χ4n) is 2.91. The van der Waals surface area contributed by atoms with Crippen molar-refractivity contribution in [3.05, 3.63) is 29.3 Å². The van der Waals surface area contributed by atoms with Crippen LogP contribution in [0, 0.1) is 0 Å². The Labute approximate surface area is 97.0 Å². The summed E-state index contributed by atoms with van der Waals surface area (Å²) in [4.78, 5) is 0. The minimum absolute atomic E-state index is 0.313. The molecule has 86 valence electrons. The number of hydrogen-bond acceptors (Lipinski definition) is 2. The summed E-state index contributed by atoms with van der Waals surface area (Å²) in [5.74, 6) is 1.09. The number of rotatable bonds is 2. The fourth-order valence-corrected chi connectivity index (χ4v) is 2.91. The summed E-state index contributed by atoms with van der Waals surface area (Å²) in [7, 11) is 0. The van der Waals surface area contributed by atoms with E-state index in [1.54, 1.807) is 0 Å². The first kappa shape index (κ1) is 10.2. The molecule has 0 aliphatic carbocycles. The predicted octanol–water partition coefficient (Wildman–Crippen LogP) is 2.31. The Balaban J connectivity index is 1.80. The molecule has 1 aromatic rings. The van der Waals surface area contributed by atoms with Gasteiger partial charge in [0.2, 0.25) is 0 Å². The molecule has 0 aromatic heterocycles. The van der Waals surface area contributed by atoms with E-state index in [0.717, 1.165) is 25.2 Å². The maximum atomic E-state index is 5.53. The summed E-state index contributed by atoms with van der Waals surface area (Å²) < 4.78 is 5.53. The SMILES string of the molecule is CC1(Cc2ccc3c(c2)CCO3)CCCN1. The van der Waals surface area contributed by atoms with E-state index in [1.807, 2.05) is 0 Å². The van der Waals surface area contributed by atoms with Crippen molar-refractivity contribution in [2.45, 2.75) is 38.1 Å². The van der Waals surface area contributed by atoms with Gasteiger partial charge in [-0.2, -0.15) is 0 Å². The van der Waals surface area contributed by atoms with Crippen molar-refractivity contribution in [2.75, 3.05) is 13.2 Å². The highest BCUT2D eigenvalue weighted by molar-refractivity contribution is 5.40. The Kier molecular flexibility index (Phi) is 2.40. The minimum atomic E-state index is 0.313. The van der Waals surface area contributed by atoms with Gasteiger partial charge in [0.25, 0.3) is 0 Å². The summed E-state index contributed by atoms with van der Waals surface area (Å²) >= 11 is 0. The Morgan fingerprint density at radius 1 is 1.44 bits per heavy atom. The average molecular weight is 217 g/mol. The third kappa shape index (κ3) is 1.82. The van der Waals surface area contributed by atoms with Crippen LogP contribution >= 0.6 is 0 Å². The van der Waals surface area contributed by atoms with Gasteiger partial charge < -0.3 is 10.1 Å². The second kappa shape index (κ2) is 3.77. The van der Waals surface area contributed by atoms with Crippen LogP contribution in [0.4, 0.5) is 0 Å². The molecule has 1 fully saturated rings. The van der Waals surface area contributed by atoms with Crippen molar-refractivity contribution < 1.29 is 4.74 Å². The Bertz CT molecular complexity index is 394. The molecule has 1 saturated heterocycles. The average Bonchev–Trinajstić information content (AvgIpc) is 2.86. The van der Waals surface area contributed by atoms with Crippen LogP contribution in [-0.4, -0.2) is 18.7 Å². The number of fused-ring (bicyclic) bond motifs is 1. The van der Waals surface area contributed by atoms with Crippen LogP contribution in [0.5, 0.6) is 5.75 Å². The molecule has 16 heavy (non-hydrogen) atoms. The largest absolute Gasteiger partial charge is 0.493 e. The molecule has 2 aliphatic rings. The fraction of sp³-hybridized carbons (Fsp3) is 0.571. The van der Waals surface area contributed by atoms with Crippen molar-refractivity contribution >= 4 is 0 Å². The first-order valence-electron chi connectivity index (χ1n) is 6.25. The van der Waals surface area contributed by atoms with Gasteiger partial charge in [0, 0.05) is 12.0 Å². The van der Waals surface area contributed by atoms with Crippen molar-refractivity contribution in [1.29, 1.82) is 0 Å². The van der Waals surface area contributed by atoms with Gasteiger partial charge in [-0.3, -0.25) is 0 Å². The van der Waals surface area contributed by atoms with E-state index in [9.17, 15) is 0 Å². The lowest BCUT2D eigenvalue weighted by Gasteiger charge is -2.24. The molecule has 2 aliphatic heterocycles. The zero-order chi connectivity index (χ0) is 11.0. The lowest BCUT2D eigenvalue weighted by atomic mass is 9.90. The van der Waals surface area contributed by atoms with Crippen LogP contribution in [0.1, 0.15) is 30.9 Å². The van der Waals surface area contributed by atoms with Crippen LogP contribution in [0.2, 0.25) is 0 Å². The van der Waals surface area contributed by atoms with Crippen molar-refractivity contribution in [2.24, 2.45) is 0 Å². The summed E-state index contributed by atoms with van der Waals surface area (Å²) in [5.41, 5.74) is 3.15. The van der Waals surface area contributed by atoms with Crippen molar-refractivity contribution in [3.63, 3.8) is 0 Å². The zero-order valence-electron chi connectivity index (χ0n) is 9.88. The predicted molar refractivity (Wildman–Crippen MR) is 65.0 cm³/mol. The topological polar surface area (TPSA) is 21.3 Å². The van der Waals surface area contributed by atoms with Crippen molar-refractivity contribution in [1.82, 2.24) is 5.32 Å². The summed E-state index contributed by atoms with van der Waals surface area (Å²) in [6.07, 6.45) is 4.82. The Hall–Kier alpha value is -1.02. The minimum Gasteiger partial charge on any atom is -0.493 e. The van der Waals surface area contributed by atoms with Gasteiger partial charge in [-0.1, -0.05) is 12.1 Å². The molecule has 0 amide bonds. The molecule has 1 N–H and O–H groups in total. The smallest absolute Gasteiger partial charge is 0.122 e. The Morgan fingerprint density at radius 3 is 3.19 bits per heavy atom. The van der Waals surface area contributed by atoms with Gasteiger partial charge in [0.15, 0.2) is 0 Å². The summed E-state index contributed by atoms with van der Waals surface area (Å²) in [5, 5.41) is 3.62. The second-order valence-corrected chi connectivity index (χ2v) is 5.31. The van der Waals surface area contributed by atoms with Gasteiger partial charge in [0.05, 0.1) is 6.61 Å². The molecule has 2 heterocycles. The number of benzene rings is 1. The van der Waals surface area contributed by atoms with Gasteiger partial charge in [-0.15, -0.1) is 0 Å². The van der Waals surface area contributed by atoms with E-state index in [2.05, 4.69) is 30.4 Å². The van der Waals surface area contributed by atoms with Gasteiger partial charge in [0.1, 0.15) is 5.75 Å². The highest BCUT2D eigenvalue weighted by Gasteiger charge is 2.28. The molecule has 0 radical (unpaired) electrons. The lowest BCUT2D eigenvalue weighted by Crippen LogP contribution is -2.38. The summed E-state index contributed by atoms with van der Waals surface area (Å²) in [6, 6.07) is 6.68. The number of hydrogen-bond donors (Lipinski definition) is 1. The first-order valence-corrected chi connectivity index (χ1v) is 6.25. The van der Waals surface area contributed by atoms with E-state index in [0.29, 0.717) is 5.54 Å². The molecule has 0 saturated carbocycles.